The number of para-hydroxylation sites is 1. The van der Waals surface area contributed by atoms with E-state index in [0.29, 0.717) is 5.56 Å². The molecule has 0 saturated heterocycles. The second kappa shape index (κ2) is 5.53. The van der Waals surface area contributed by atoms with E-state index < -0.39 is 0 Å². The summed E-state index contributed by atoms with van der Waals surface area (Å²) in [5.74, 6) is -0.0996. The molecule has 0 aliphatic heterocycles. The molecule has 96 valence electrons. The molecule has 0 unspecified atom stereocenters. The van der Waals surface area contributed by atoms with Crippen LogP contribution in [0.25, 0.3) is 5.57 Å². The Hall–Kier alpha value is -2.35. The molecule has 0 bridgehead atoms. The highest BCUT2D eigenvalue weighted by molar-refractivity contribution is 6.06. The van der Waals surface area contributed by atoms with E-state index in [9.17, 15) is 4.79 Å². The lowest BCUT2D eigenvalue weighted by molar-refractivity contribution is 0.102. The first-order valence-electron chi connectivity index (χ1n) is 6.21. The molecule has 0 radical (unpaired) electrons. The van der Waals surface area contributed by atoms with E-state index in [4.69, 9.17) is 0 Å². The summed E-state index contributed by atoms with van der Waals surface area (Å²) in [7, 11) is 0. The van der Waals surface area contributed by atoms with Crippen molar-refractivity contribution in [2.24, 2.45) is 0 Å². The van der Waals surface area contributed by atoms with E-state index in [1.807, 2.05) is 50.2 Å². The van der Waals surface area contributed by atoms with Gasteiger partial charge in [0.15, 0.2) is 0 Å². The third kappa shape index (κ3) is 2.91. The van der Waals surface area contributed by atoms with Gasteiger partial charge in [-0.15, -0.1) is 0 Å². The Labute approximate surface area is 113 Å². The number of nitrogens with one attached hydrogen (secondary N) is 1. The lowest BCUT2D eigenvalue weighted by atomic mass is 10.0. The maximum Gasteiger partial charge on any atom is 0.255 e. The van der Waals surface area contributed by atoms with Crippen LogP contribution in [0.3, 0.4) is 0 Å². The second-order valence-corrected chi connectivity index (χ2v) is 4.60. The number of rotatable bonds is 3. The highest BCUT2D eigenvalue weighted by atomic mass is 16.1. The van der Waals surface area contributed by atoms with Crippen LogP contribution in [0.15, 0.2) is 55.1 Å². The number of carbonyl (C=O) groups is 1. The molecule has 0 atom stereocenters. The fourth-order valence-corrected chi connectivity index (χ4v) is 1.96. The van der Waals surface area contributed by atoms with Crippen LogP contribution >= 0.6 is 0 Å². The van der Waals surface area contributed by atoms with Crippen LogP contribution in [0.2, 0.25) is 0 Å². The smallest absolute Gasteiger partial charge is 0.255 e. The van der Waals surface area contributed by atoms with Crippen LogP contribution < -0.4 is 5.32 Å². The zero-order valence-corrected chi connectivity index (χ0v) is 11.2. The van der Waals surface area contributed by atoms with E-state index in [2.05, 4.69) is 11.9 Å². The van der Waals surface area contributed by atoms with Crippen molar-refractivity contribution in [2.45, 2.75) is 13.8 Å². The van der Waals surface area contributed by atoms with Crippen LogP contribution in [0.4, 0.5) is 5.69 Å². The number of carbonyl (C=O) groups excluding carboxylic acids is 1. The van der Waals surface area contributed by atoms with Gasteiger partial charge in [0.25, 0.3) is 5.91 Å². The molecule has 2 rings (SSSR count). The van der Waals surface area contributed by atoms with E-state index in [0.717, 1.165) is 22.4 Å². The van der Waals surface area contributed by atoms with Gasteiger partial charge in [-0.25, -0.2) is 0 Å². The van der Waals surface area contributed by atoms with Gasteiger partial charge in [0, 0.05) is 11.1 Å². The third-order valence-corrected chi connectivity index (χ3v) is 3.01. The first-order valence-corrected chi connectivity index (χ1v) is 6.21. The third-order valence-electron chi connectivity index (χ3n) is 3.01. The highest BCUT2D eigenvalue weighted by Gasteiger charge is 2.11. The van der Waals surface area contributed by atoms with Gasteiger partial charge in [0.1, 0.15) is 0 Å². The Morgan fingerprint density at radius 1 is 1.05 bits per heavy atom. The number of benzene rings is 2. The number of hydrogen-bond donors (Lipinski definition) is 1. The molecule has 1 amide bonds. The van der Waals surface area contributed by atoms with E-state index in [1.54, 1.807) is 12.1 Å². The summed E-state index contributed by atoms with van der Waals surface area (Å²) in [6.07, 6.45) is 0. The van der Waals surface area contributed by atoms with Gasteiger partial charge in [0.05, 0.1) is 5.69 Å². The fourth-order valence-electron chi connectivity index (χ4n) is 1.96. The first kappa shape index (κ1) is 13.1. The van der Waals surface area contributed by atoms with Crippen molar-refractivity contribution in [2.75, 3.05) is 5.32 Å². The average molecular weight is 251 g/mol. The molecule has 0 aliphatic carbocycles. The standard InChI is InChI=1S/C17H17NO/c1-12(2)15-11-7-8-13(3)16(15)18-17(19)14-9-5-4-6-10-14/h4-11H,1H2,2-3H3,(H,18,19). The molecule has 0 aromatic heterocycles. The molecule has 0 heterocycles. The molecule has 2 heteroatoms. The Kier molecular flexibility index (Phi) is 3.81. The zero-order valence-electron chi connectivity index (χ0n) is 11.2. The minimum atomic E-state index is -0.0996. The van der Waals surface area contributed by atoms with Gasteiger partial charge >= 0.3 is 0 Å². The topological polar surface area (TPSA) is 29.1 Å². The molecule has 2 aromatic carbocycles. The Balaban J connectivity index is 2.34. The van der Waals surface area contributed by atoms with Crippen molar-refractivity contribution in [1.29, 1.82) is 0 Å². The van der Waals surface area contributed by atoms with Gasteiger partial charge in [-0.1, -0.05) is 43.0 Å². The molecule has 1 N–H and O–H groups in total. The number of allylic oxidation sites excluding steroid dienone is 1. The number of amides is 1. The molecule has 0 fully saturated rings. The second-order valence-electron chi connectivity index (χ2n) is 4.60. The van der Waals surface area contributed by atoms with Crippen molar-refractivity contribution in [3.05, 3.63) is 71.8 Å². The van der Waals surface area contributed by atoms with Crippen LogP contribution in [0.5, 0.6) is 0 Å². The number of anilines is 1. The number of aryl methyl sites for hydroxylation is 1. The Morgan fingerprint density at radius 2 is 1.74 bits per heavy atom. The van der Waals surface area contributed by atoms with Crippen molar-refractivity contribution in [3.63, 3.8) is 0 Å². The minimum Gasteiger partial charge on any atom is -0.321 e. The molecule has 2 aromatic rings. The molecule has 19 heavy (non-hydrogen) atoms. The lowest BCUT2D eigenvalue weighted by Crippen LogP contribution is -2.13. The Bertz CT molecular complexity index is 614. The van der Waals surface area contributed by atoms with Gasteiger partial charge in [-0.2, -0.15) is 0 Å². The molecule has 0 aliphatic rings. The summed E-state index contributed by atoms with van der Waals surface area (Å²) in [5, 5.41) is 2.98. The summed E-state index contributed by atoms with van der Waals surface area (Å²) in [5.41, 5.74) is 4.43. The summed E-state index contributed by atoms with van der Waals surface area (Å²) in [6, 6.07) is 15.1. The monoisotopic (exact) mass is 251 g/mol. The van der Waals surface area contributed by atoms with Crippen molar-refractivity contribution >= 4 is 17.2 Å². The zero-order chi connectivity index (χ0) is 13.8. The van der Waals surface area contributed by atoms with Gasteiger partial charge in [-0.05, 0) is 37.1 Å². The average Bonchev–Trinajstić information content (AvgIpc) is 2.41. The van der Waals surface area contributed by atoms with Crippen LogP contribution in [-0.4, -0.2) is 5.91 Å². The Morgan fingerprint density at radius 3 is 2.37 bits per heavy atom. The van der Waals surface area contributed by atoms with E-state index in [1.165, 1.54) is 0 Å². The van der Waals surface area contributed by atoms with Crippen molar-refractivity contribution in [1.82, 2.24) is 0 Å². The van der Waals surface area contributed by atoms with Gasteiger partial charge < -0.3 is 5.32 Å². The van der Waals surface area contributed by atoms with Crippen molar-refractivity contribution < 1.29 is 4.79 Å². The van der Waals surface area contributed by atoms with Gasteiger partial charge in [0.2, 0.25) is 0 Å². The quantitative estimate of drug-likeness (QED) is 0.866. The van der Waals surface area contributed by atoms with E-state index in [-0.39, 0.29) is 5.91 Å². The summed E-state index contributed by atoms with van der Waals surface area (Å²) < 4.78 is 0. The van der Waals surface area contributed by atoms with Crippen LogP contribution in [0, 0.1) is 6.92 Å². The summed E-state index contributed by atoms with van der Waals surface area (Å²) in [4.78, 5) is 12.2. The molecular formula is C17H17NO. The SMILES string of the molecule is C=C(C)c1cccc(C)c1NC(=O)c1ccccc1. The van der Waals surface area contributed by atoms with Gasteiger partial charge in [-0.3, -0.25) is 4.79 Å². The predicted octanol–water partition coefficient (Wildman–Crippen LogP) is 4.28. The summed E-state index contributed by atoms with van der Waals surface area (Å²) in [6.45, 7) is 7.87. The molecule has 0 saturated carbocycles. The molecule has 0 spiro atoms. The van der Waals surface area contributed by atoms with Crippen LogP contribution in [-0.2, 0) is 0 Å². The maximum atomic E-state index is 12.2. The largest absolute Gasteiger partial charge is 0.321 e. The number of hydrogen-bond acceptors (Lipinski definition) is 1. The normalized spacial score (nSPS) is 10.0. The molecule has 2 nitrogen and oxygen atoms in total. The minimum absolute atomic E-state index is 0.0996. The molecular weight excluding hydrogens is 234 g/mol. The van der Waals surface area contributed by atoms with Crippen molar-refractivity contribution in [3.8, 4) is 0 Å². The summed E-state index contributed by atoms with van der Waals surface area (Å²) >= 11 is 0. The van der Waals surface area contributed by atoms with E-state index >= 15 is 0 Å². The highest BCUT2D eigenvalue weighted by Crippen LogP contribution is 2.26. The predicted molar refractivity (Wildman–Crippen MR) is 80.3 cm³/mol. The lowest BCUT2D eigenvalue weighted by Gasteiger charge is -2.14. The first-order chi connectivity index (χ1) is 9.09. The van der Waals surface area contributed by atoms with Crippen LogP contribution in [0.1, 0.15) is 28.4 Å². The fraction of sp³-hybridized carbons (Fsp3) is 0.118. The maximum absolute atomic E-state index is 12.2.